The van der Waals surface area contributed by atoms with E-state index in [4.69, 9.17) is 5.73 Å². The fourth-order valence-electron chi connectivity index (χ4n) is 2.45. The molecule has 1 saturated carbocycles. The van der Waals surface area contributed by atoms with Gasteiger partial charge in [-0.1, -0.05) is 20.3 Å². The number of amides is 1. The van der Waals surface area contributed by atoms with Gasteiger partial charge in [-0.15, -0.1) is 0 Å². The Morgan fingerprint density at radius 3 is 2.44 bits per heavy atom. The van der Waals surface area contributed by atoms with Crippen LogP contribution in [-0.2, 0) is 4.79 Å². The van der Waals surface area contributed by atoms with Crippen LogP contribution in [0.1, 0.15) is 47.0 Å². The lowest BCUT2D eigenvalue weighted by Crippen LogP contribution is -2.53. The minimum atomic E-state index is -0.240. The van der Waals surface area contributed by atoms with Crippen molar-refractivity contribution < 1.29 is 4.79 Å². The van der Waals surface area contributed by atoms with Crippen LogP contribution >= 0.6 is 0 Å². The Kier molecular flexibility index (Phi) is 3.68. The van der Waals surface area contributed by atoms with E-state index in [2.05, 4.69) is 13.8 Å². The predicted molar refractivity (Wildman–Crippen MR) is 67.0 cm³/mol. The molecule has 1 fully saturated rings. The molecule has 0 bridgehead atoms. The summed E-state index contributed by atoms with van der Waals surface area (Å²) in [6.07, 6.45) is 3.34. The second-order valence-electron chi connectivity index (χ2n) is 6.35. The van der Waals surface area contributed by atoms with Gasteiger partial charge < -0.3 is 10.6 Å². The van der Waals surface area contributed by atoms with Crippen molar-refractivity contribution in [1.29, 1.82) is 0 Å². The first kappa shape index (κ1) is 13.5. The van der Waals surface area contributed by atoms with Crippen molar-refractivity contribution in [3.8, 4) is 0 Å². The molecule has 2 N–H and O–H groups in total. The normalized spacial score (nSPS) is 24.5. The molecule has 1 rings (SSSR count). The molecule has 0 radical (unpaired) electrons. The van der Waals surface area contributed by atoms with E-state index in [0.717, 1.165) is 12.8 Å². The third kappa shape index (κ3) is 2.40. The summed E-state index contributed by atoms with van der Waals surface area (Å²) in [5.74, 6) is 0.432. The van der Waals surface area contributed by atoms with Crippen molar-refractivity contribution in [1.82, 2.24) is 4.90 Å². The first-order valence-corrected chi connectivity index (χ1v) is 6.20. The molecule has 1 aliphatic rings. The van der Waals surface area contributed by atoms with E-state index in [9.17, 15) is 4.79 Å². The molecule has 1 amide bonds. The molecule has 3 heteroatoms. The molecule has 0 aromatic carbocycles. The summed E-state index contributed by atoms with van der Waals surface area (Å²) < 4.78 is 0. The number of nitrogens with zero attached hydrogens (tertiary/aromatic N) is 1. The number of hydrogen-bond acceptors (Lipinski definition) is 2. The Bertz CT molecular complexity index is 271. The summed E-state index contributed by atoms with van der Waals surface area (Å²) in [6.45, 7) is 8.94. The first-order valence-electron chi connectivity index (χ1n) is 6.20. The lowest BCUT2D eigenvalue weighted by molar-refractivity contribution is -0.141. The highest BCUT2D eigenvalue weighted by Gasteiger charge is 2.42. The second-order valence-corrected chi connectivity index (χ2v) is 6.35. The van der Waals surface area contributed by atoms with Crippen LogP contribution in [0, 0.1) is 11.3 Å². The molecule has 0 aromatic heterocycles. The Morgan fingerprint density at radius 1 is 1.50 bits per heavy atom. The molecule has 1 aliphatic carbocycles. The van der Waals surface area contributed by atoms with E-state index >= 15 is 0 Å². The van der Waals surface area contributed by atoms with Crippen LogP contribution in [0.2, 0.25) is 0 Å². The minimum Gasteiger partial charge on any atom is -0.339 e. The molecule has 1 unspecified atom stereocenters. The van der Waals surface area contributed by atoms with Crippen LogP contribution in [0.25, 0.3) is 0 Å². The van der Waals surface area contributed by atoms with Gasteiger partial charge in [-0.3, -0.25) is 4.79 Å². The van der Waals surface area contributed by atoms with Gasteiger partial charge in [-0.25, -0.2) is 0 Å². The summed E-state index contributed by atoms with van der Waals surface area (Å²) in [5, 5.41) is 0. The van der Waals surface area contributed by atoms with E-state index in [1.165, 1.54) is 6.42 Å². The third-order valence-corrected chi connectivity index (χ3v) is 4.29. The third-order valence-electron chi connectivity index (χ3n) is 4.29. The molecule has 16 heavy (non-hydrogen) atoms. The number of likely N-dealkylation sites (N-methyl/N-ethyl adjacent to an activating group) is 1. The second kappa shape index (κ2) is 4.36. The van der Waals surface area contributed by atoms with Crippen LogP contribution in [0.4, 0.5) is 0 Å². The molecule has 3 nitrogen and oxygen atoms in total. The predicted octanol–water partition coefficient (Wildman–Crippen LogP) is 2.01. The Morgan fingerprint density at radius 2 is 2.06 bits per heavy atom. The molecule has 0 heterocycles. The van der Waals surface area contributed by atoms with Gasteiger partial charge in [0.15, 0.2) is 0 Å². The fraction of sp³-hybridized carbons (Fsp3) is 0.923. The van der Waals surface area contributed by atoms with E-state index in [0.29, 0.717) is 6.54 Å². The smallest absolute Gasteiger partial charge is 0.226 e. The van der Waals surface area contributed by atoms with E-state index in [1.54, 1.807) is 0 Å². The maximum Gasteiger partial charge on any atom is 0.226 e. The van der Waals surface area contributed by atoms with Crippen molar-refractivity contribution in [2.45, 2.75) is 52.5 Å². The summed E-state index contributed by atoms with van der Waals surface area (Å²) in [5.41, 5.74) is 5.63. The SMILES string of the molecule is CN(C(=O)C1CCCC1(C)C)C(C)(C)CN. The number of carbonyl (C=O) groups is 1. The van der Waals surface area contributed by atoms with Crippen LogP contribution in [0.3, 0.4) is 0 Å². The van der Waals surface area contributed by atoms with Gasteiger partial charge >= 0.3 is 0 Å². The minimum absolute atomic E-state index is 0.149. The number of nitrogens with two attached hydrogens (primary N) is 1. The molecular weight excluding hydrogens is 200 g/mol. The van der Waals surface area contributed by atoms with Gasteiger partial charge in [0.2, 0.25) is 5.91 Å². The lowest BCUT2D eigenvalue weighted by atomic mass is 9.80. The Hall–Kier alpha value is -0.570. The standard InChI is InChI=1S/C13H26N2O/c1-12(2)8-6-7-10(12)11(16)15(5)13(3,4)9-14/h10H,6-9,14H2,1-5H3. The quantitative estimate of drug-likeness (QED) is 0.800. The molecule has 0 aliphatic heterocycles. The molecular formula is C13H26N2O. The first-order chi connectivity index (χ1) is 7.22. The maximum absolute atomic E-state index is 12.4. The average Bonchev–Trinajstić information content (AvgIpc) is 2.55. The highest BCUT2D eigenvalue weighted by atomic mass is 16.2. The molecule has 0 saturated heterocycles. The van der Waals surface area contributed by atoms with Crippen LogP contribution in [0.5, 0.6) is 0 Å². The number of rotatable bonds is 3. The number of hydrogen-bond donors (Lipinski definition) is 1. The maximum atomic E-state index is 12.4. The summed E-state index contributed by atoms with van der Waals surface area (Å²) in [6, 6.07) is 0. The Balaban J connectivity index is 2.79. The molecule has 0 spiro atoms. The largest absolute Gasteiger partial charge is 0.339 e. The van der Waals surface area contributed by atoms with E-state index in [1.807, 2.05) is 25.8 Å². The summed E-state index contributed by atoms with van der Waals surface area (Å²) >= 11 is 0. The lowest BCUT2D eigenvalue weighted by Gasteiger charge is -2.39. The topological polar surface area (TPSA) is 46.3 Å². The van der Waals surface area contributed by atoms with Gasteiger partial charge in [-0.2, -0.15) is 0 Å². The van der Waals surface area contributed by atoms with E-state index in [-0.39, 0.29) is 22.8 Å². The summed E-state index contributed by atoms with van der Waals surface area (Å²) in [4.78, 5) is 14.3. The van der Waals surface area contributed by atoms with Crippen LogP contribution in [-0.4, -0.2) is 29.9 Å². The monoisotopic (exact) mass is 226 g/mol. The van der Waals surface area contributed by atoms with Crippen molar-refractivity contribution in [2.24, 2.45) is 17.1 Å². The highest BCUT2D eigenvalue weighted by molar-refractivity contribution is 5.80. The van der Waals surface area contributed by atoms with Gasteiger partial charge in [0.05, 0.1) is 0 Å². The highest BCUT2D eigenvalue weighted by Crippen LogP contribution is 2.43. The zero-order valence-electron chi connectivity index (χ0n) is 11.3. The Labute approximate surface area is 99.4 Å². The zero-order chi connectivity index (χ0) is 12.6. The van der Waals surface area contributed by atoms with Crippen LogP contribution < -0.4 is 5.73 Å². The molecule has 1 atom stereocenters. The fourth-order valence-corrected chi connectivity index (χ4v) is 2.45. The van der Waals surface area contributed by atoms with Crippen LogP contribution in [0.15, 0.2) is 0 Å². The van der Waals surface area contributed by atoms with Gasteiger partial charge in [0.1, 0.15) is 0 Å². The average molecular weight is 226 g/mol. The number of carbonyl (C=O) groups excluding carboxylic acids is 1. The summed E-state index contributed by atoms with van der Waals surface area (Å²) in [7, 11) is 1.88. The van der Waals surface area contributed by atoms with Gasteiger partial charge in [0.25, 0.3) is 0 Å². The van der Waals surface area contributed by atoms with Crippen molar-refractivity contribution in [3.63, 3.8) is 0 Å². The van der Waals surface area contributed by atoms with Crippen molar-refractivity contribution in [2.75, 3.05) is 13.6 Å². The molecule has 0 aromatic rings. The van der Waals surface area contributed by atoms with Crippen molar-refractivity contribution >= 4 is 5.91 Å². The van der Waals surface area contributed by atoms with Crippen molar-refractivity contribution in [3.05, 3.63) is 0 Å². The van der Waals surface area contributed by atoms with Gasteiger partial charge in [0, 0.05) is 25.0 Å². The van der Waals surface area contributed by atoms with Gasteiger partial charge in [-0.05, 0) is 32.1 Å². The zero-order valence-corrected chi connectivity index (χ0v) is 11.3. The van der Waals surface area contributed by atoms with E-state index < -0.39 is 0 Å². The molecule has 94 valence electrons.